The molecule has 0 bridgehead atoms. The lowest BCUT2D eigenvalue weighted by Crippen LogP contribution is -2.19. The van der Waals surface area contributed by atoms with E-state index in [1.165, 1.54) is 25.3 Å². The van der Waals surface area contributed by atoms with Gasteiger partial charge in [-0.1, -0.05) is 0 Å². The Hall–Kier alpha value is -2.26. The van der Waals surface area contributed by atoms with Gasteiger partial charge in [-0.15, -0.1) is 0 Å². The molecule has 0 amide bonds. The highest BCUT2D eigenvalue weighted by molar-refractivity contribution is 7.92. The molecule has 0 unspecified atom stereocenters. The van der Waals surface area contributed by atoms with Crippen LogP contribution in [0.15, 0.2) is 35.4 Å². The Balaban J connectivity index is 2.45. The molecule has 112 valence electrons. The van der Waals surface area contributed by atoms with Crippen molar-refractivity contribution in [3.63, 3.8) is 0 Å². The molecular weight excluding hydrogens is 302 g/mol. The smallest absolute Gasteiger partial charge is 0.265 e. The van der Waals surface area contributed by atoms with Crippen molar-refractivity contribution in [2.45, 2.75) is 11.8 Å². The van der Waals surface area contributed by atoms with Crippen LogP contribution in [0.2, 0.25) is 0 Å². The molecule has 2 rings (SSSR count). The number of nitrogens with one attached hydrogen (secondary N) is 2. The second-order valence-electron chi connectivity index (χ2n) is 4.18. The number of rotatable bonds is 4. The van der Waals surface area contributed by atoms with Crippen molar-refractivity contribution in [2.75, 3.05) is 10.1 Å². The molecule has 0 radical (unpaired) electrons. The summed E-state index contributed by atoms with van der Waals surface area (Å²) >= 11 is 0. The van der Waals surface area contributed by atoms with Crippen LogP contribution in [0.3, 0.4) is 0 Å². The first-order valence-electron chi connectivity index (χ1n) is 5.75. The van der Waals surface area contributed by atoms with Gasteiger partial charge in [0.25, 0.3) is 10.0 Å². The molecule has 4 N–H and O–H groups in total. The molecule has 9 heteroatoms. The summed E-state index contributed by atoms with van der Waals surface area (Å²) in [5.74, 6) is 3.45. The van der Waals surface area contributed by atoms with Crippen LogP contribution in [0.1, 0.15) is 5.56 Å². The van der Waals surface area contributed by atoms with Crippen molar-refractivity contribution < 1.29 is 17.2 Å². The van der Waals surface area contributed by atoms with Crippen molar-refractivity contribution >= 4 is 21.5 Å². The molecule has 0 atom stereocenters. The maximum atomic E-state index is 13.7. The lowest BCUT2D eigenvalue weighted by molar-refractivity contribution is 0.590. The number of halogens is 2. The van der Waals surface area contributed by atoms with Gasteiger partial charge in [0, 0.05) is 12.3 Å². The highest BCUT2D eigenvalue weighted by atomic mass is 32.2. The predicted molar refractivity (Wildman–Crippen MR) is 74.0 cm³/mol. The summed E-state index contributed by atoms with van der Waals surface area (Å²) in [6.07, 6.45) is 1.33. The summed E-state index contributed by atoms with van der Waals surface area (Å²) in [5, 5.41) is 0. The molecule has 21 heavy (non-hydrogen) atoms. The average molecular weight is 314 g/mol. The summed E-state index contributed by atoms with van der Waals surface area (Å²) in [7, 11) is -4.17. The van der Waals surface area contributed by atoms with Gasteiger partial charge < -0.3 is 5.43 Å². The molecule has 1 aromatic heterocycles. The quantitative estimate of drug-likeness (QED) is 0.590. The van der Waals surface area contributed by atoms with Crippen LogP contribution in [0.4, 0.5) is 20.3 Å². The van der Waals surface area contributed by atoms with Gasteiger partial charge in [-0.2, -0.15) is 0 Å². The van der Waals surface area contributed by atoms with Gasteiger partial charge in [-0.25, -0.2) is 28.0 Å². The standard InChI is InChI=1S/C12H12F2N4O2S/c1-7-5-9(14)10(6-8(7)13)18-21(19,20)11-3-2-4-16-12(11)17-15/h2-6,18H,15H2,1H3,(H,16,17). The van der Waals surface area contributed by atoms with Crippen molar-refractivity contribution in [2.24, 2.45) is 5.84 Å². The molecule has 0 spiro atoms. The Bertz CT molecular complexity index is 781. The Kier molecular flexibility index (Phi) is 4.05. The van der Waals surface area contributed by atoms with E-state index in [2.05, 4.69) is 10.4 Å². The predicted octanol–water partition coefficient (Wildman–Crippen LogP) is 1.75. The minimum absolute atomic E-state index is 0.0705. The van der Waals surface area contributed by atoms with Crippen molar-refractivity contribution in [1.29, 1.82) is 0 Å². The Morgan fingerprint density at radius 2 is 1.95 bits per heavy atom. The van der Waals surface area contributed by atoms with Gasteiger partial charge in [0.05, 0.1) is 5.69 Å². The second kappa shape index (κ2) is 5.62. The van der Waals surface area contributed by atoms with E-state index in [1.54, 1.807) is 0 Å². The first kappa shape index (κ1) is 15.1. The molecule has 0 aliphatic rings. The SMILES string of the molecule is Cc1cc(F)c(NS(=O)(=O)c2cccnc2NN)cc1F. The molecule has 1 aromatic carbocycles. The third-order valence-corrected chi connectivity index (χ3v) is 4.09. The monoisotopic (exact) mass is 314 g/mol. The number of hydrogen-bond donors (Lipinski definition) is 3. The van der Waals surface area contributed by atoms with Crippen LogP contribution in [-0.2, 0) is 10.0 Å². The highest BCUT2D eigenvalue weighted by Crippen LogP contribution is 2.24. The fourth-order valence-electron chi connectivity index (χ4n) is 1.64. The number of hydrogen-bond acceptors (Lipinski definition) is 5. The number of nitrogens with two attached hydrogens (primary N) is 1. The maximum Gasteiger partial charge on any atom is 0.265 e. The third-order valence-electron chi connectivity index (χ3n) is 2.69. The van der Waals surface area contributed by atoms with E-state index in [-0.39, 0.29) is 16.3 Å². The number of hydrazine groups is 1. The Morgan fingerprint density at radius 3 is 2.62 bits per heavy atom. The summed E-state index contributed by atoms with van der Waals surface area (Å²) in [6.45, 7) is 1.37. The molecular formula is C12H12F2N4O2S. The number of anilines is 2. The van der Waals surface area contributed by atoms with Gasteiger partial charge in [0.15, 0.2) is 5.82 Å². The Morgan fingerprint density at radius 1 is 1.24 bits per heavy atom. The molecule has 0 fully saturated rings. The maximum absolute atomic E-state index is 13.7. The summed E-state index contributed by atoms with van der Waals surface area (Å²) in [4.78, 5) is 3.45. The van der Waals surface area contributed by atoms with Gasteiger partial charge in [-0.05, 0) is 30.7 Å². The number of pyridine rings is 1. The van der Waals surface area contributed by atoms with Gasteiger partial charge >= 0.3 is 0 Å². The van der Waals surface area contributed by atoms with Crippen molar-refractivity contribution in [1.82, 2.24) is 4.98 Å². The summed E-state index contributed by atoms with van der Waals surface area (Å²) in [5.41, 5.74) is 1.70. The second-order valence-corrected chi connectivity index (χ2v) is 5.83. The molecule has 2 aromatic rings. The van der Waals surface area contributed by atoms with E-state index in [1.807, 2.05) is 4.72 Å². The molecule has 1 heterocycles. The highest BCUT2D eigenvalue weighted by Gasteiger charge is 2.21. The largest absolute Gasteiger partial charge is 0.307 e. The van der Waals surface area contributed by atoms with E-state index >= 15 is 0 Å². The molecule has 0 aliphatic heterocycles. The summed E-state index contributed by atoms with van der Waals surface area (Å²) in [6, 6.07) is 4.28. The first-order valence-corrected chi connectivity index (χ1v) is 7.23. The van der Waals surface area contributed by atoms with Gasteiger partial charge in [-0.3, -0.25) is 4.72 Å². The first-order chi connectivity index (χ1) is 9.85. The molecule has 0 saturated carbocycles. The lowest BCUT2D eigenvalue weighted by Gasteiger charge is -2.12. The lowest BCUT2D eigenvalue weighted by atomic mass is 10.2. The van der Waals surface area contributed by atoms with Crippen LogP contribution < -0.4 is 16.0 Å². The topological polar surface area (TPSA) is 97.1 Å². The average Bonchev–Trinajstić information content (AvgIpc) is 2.44. The minimum atomic E-state index is -4.17. The zero-order valence-corrected chi connectivity index (χ0v) is 11.7. The van der Waals surface area contributed by atoms with Crippen LogP contribution >= 0.6 is 0 Å². The van der Waals surface area contributed by atoms with E-state index in [0.717, 1.165) is 12.1 Å². The zero-order valence-electron chi connectivity index (χ0n) is 10.9. The van der Waals surface area contributed by atoms with Crippen LogP contribution in [0.25, 0.3) is 0 Å². The van der Waals surface area contributed by atoms with Crippen LogP contribution in [-0.4, -0.2) is 13.4 Å². The number of benzene rings is 1. The molecule has 0 saturated heterocycles. The van der Waals surface area contributed by atoms with Gasteiger partial charge in [0.1, 0.15) is 16.5 Å². The number of sulfonamides is 1. The fourth-order valence-corrected chi connectivity index (χ4v) is 2.82. The number of aromatic nitrogens is 1. The zero-order chi connectivity index (χ0) is 15.6. The summed E-state index contributed by atoms with van der Waals surface area (Å²) < 4.78 is 53.5. The van der Waals surface area contributed by atoms with Gasteiger partial charge in [0.2, 0.25) is 0 Å². The van der Waals surface area contributed by atoms with E-state index in [4.69, 9.17) is 5.84 Å². The van der Waals surface area contributed by atoms with E-state index in [9.17, 15) is 17.2 Å². The fraction of sp³-hybridized carbons (Fsp3) is 0.0833. The van der Waals surface area contributed by atoms with E-state index in [0.29, 0.717) is 0 Å². The third kappa shape index (κ3) is 3.09. The van der Waals surface area contributed by atoms with Crippen LogP contribution in [0, 0.1) is 18.6 Å². The van der Waals surface area contributed by atoms with Crippen molar-refractivity contribution in [3.05, 3.63) is 47.7 Å². The molecule has 0 aliphatic carbocycles. The number of nitrogens with zero attached hydrogens (tertiary/aromatic N) is 1. The Labute approximate surface area is 120 Å². The van der Waals surface area contributed by atoms with E-state index < -0.39 is 27.3 Å². The van der Waals surface area contributed by atoms with Crippen LogP contribution in [0.5, 0.6) is 0 Å². The number of aryl methyl sites for hydroxylation is 1. The minimum Gasteiger partial charge on any atom is -0.307 e. The normalized spacial score (nSPS) is 11.2. The number of nitrogen functional groups attached to an aromatic ring is 1. The van der Waals surface area contributed by atoms with Crippen molar-refractivity contribution in [3.8, 4) is 0 Å². The molecule has 6 nitrogen and oxygen atoms in total.